The van der Waals surface area contributed by atoms with E-state index in [4.69, 9.17) is 21.1 Å². The highest BCUT2D eigenvalue weighted by Crippen LogP contribution is 2.12. The largest absolute Gasteiger partial charge is 0.502 e. The minimum absolute atomic E-state index is 0.378. The molecule has 0 fully saturated rings. The Hall–Kier alpha value is -2.00. The van der Waals surface area contributed by atoms with Crippen molar-refractivity contribution in [1.29, 1.82) is 0 Å². The molecule has 17 heavy (non-hydrogen) atoms. The second-order valence-electron chi connectivity index (χ2n) is 3.42. The summed E-state index contributed by atoms with van der Waals surface area (Å²) in [6.45, 7) is 0. The van der Waals surface area contributed by atoms with Gasteiger partial charge in [0.05, 0.1) is 0 Å². The van der Waals surface area contributed by atoms with Gasteiger partial charge in [-0.1, -0.05) is 29.8 Å². The van der Waals surface area contributed by atoms with Crippen molar-refractivity contribution in [3.8, 4) is 5.75 Å². The molecule has 2 aromatic rings. The van der Waals surface area contributed by atoms with Gasteiger partial charge in [-0.25, -0.2) is 0 Å². The molecule has 1 aromatic heterocycles. The predicted molar refractivity (Wildman–Crippen MR) is 67.0 cm³/mol. The Bertz CT molecular complexity index is 597. The van der Waals surface area contributed by atoms with Crippen LogP contribution in [-0.2, 0) is 0 Å². The van der Waals surface area contributed by atoms with Gasteiger partial charge in [0, 0.05) is 11.1 Å². The summed E-state index contributed by atoms with van der Waals surface area (Å²) in [5, 5.41) is 9.68. The molecular weight excluding hydrogens is 240 g/mol. The molecule has 1 heterocycles. The zero-order valence-electron chi connectivity index (χ0n) is 8.76. The van der Waals surface area contributed by atoms with Gasteiger partial charge in [0.15, 0.2) is 5.75 Å². The number of hydrogen-bond donors (Lipinski definition) is 1. The fourth-order valence-electron chi connectivity index (χ4n) is 1.26. The zero-order valence-corrected chi connectivity index (χ0v) is 9.52. The molecule has 0 unspecified atom stereocenters. The van der Waals surface area contributed by atoms with Gasteiger partial charge in [-0.05, 0) is 23.8 Å². The van der Waals surface area contributed by atoms with Crippen LogP contribution in [0.25, 0.3) is 12.2 Å². The standard InChI is InChI=1S/C13H9ClO3/c14-10-4-1-9(2-5-10)3-6-11-7-12(15)13(16)8-17-11/h1-8,16H. The normalized spacial score (nSPS) is 10.9. The van der Waals surface area contributed by atoms with Gasteiger partial charge >= 0.3 is 0 Å². The molecule has 0 amide bonds. The predicted octanol–water partition coefficient (Wildman–Crippen LogP) is 3.17. The molecule has 1 N–H and O–H groups in total. The van der Waals surface area contributed by atoms with Crippen LogP contribution in [-0.4, -0.2) is 5.11 Å². The van der Waals surface area contributed by atoms with E-state index < -0.39 is 11.2 Å². The summed E-state index contributed by atoms with van der Waals surface area (Å²) in [7, 11) is 0. The lowest BCUT2D eigenvalue weighted by atomic mass is 10.2. The lowest BCUT2D eigenvalue weighted by molar-refractivity contribution is 0.427. The summed E-state index contributed by atoms with van der Waals surface area (Å²) < 4.78 is 5.02. The number of benzene rings is 1. The highest BCUT2D eigenvalue weighted by Gasteiger charge is 1.98. The molecule has 0 bridgehead atoms. The first-order chi connectivity index (χ1) is 8.15. The molecule has 0 saturated carbocycles. The number of halogens is 1. The molecular formula is C13H9ClO3. The van der Waals surface area contributed by atoms with E-state index in [1.807, 2.05) is 12.1 Å². The Morgan fingerprint density at radius 1 is 1.18 bits per heavy atom. The van der Waals surface area contributed by atoms with Crippen molar-refractivity contribution < 1.29 is 9.52 Å². The van der Waals surface area contributed by atoms with Crippen molar-refractivity contribution in [2.24, 2.45) is 0 Å². The summed E-state index contributed by atoms with van der Waals surface area (Å²) >= 11 is 5.76. The minimum atomic E-state index is -0.466. The molecule has 86 valence electrons. The molecule has 0 saturated heterocycles. The maximum absolute atomic E-state index is 11.1. The Morgan fingerprint density at radius 2 is 1.88 bits per heavy atom. The first kappa shape index (κ1) is 11.5. The Balaban J connectivity index is 2.23. The number of aromatic hydroxyl groups is 1. The van der Waals surface area contributed by atoms with Crippen LogP contribution in [0.15, 0.2) is 45.8 Å². The van der Waals surface area contributed by atoms with Crippen LogP contribution in [0.1, 0.15) is 11.3 Å². The van der Waals surface area contributed by atoms with E-state index in [2.05, 4.69) is 0 Å². The van der Waals surface area contributed by atoms with Crippen molar-refractivity contribution in [1.82, 2.24) is 0 Å². The summed E-state index contributed by atoms with van der Waals surface area (Å²) in [6, 6.07) is 8.46. The van der Waals surface area contributed by atoms with Crippen molar-refractivity contribution >= 4 is 23.8 Å². The summed E-state index contributed by atoms with van der Waals surface area (Å²) in [5.74, 6) is -0.0172. The van der Waals surface area contributed by atoms with Crippen LogP contribution in [0.5, 0.6) is 5.75 Å². The smallest absolute Gasteiger partial charge is 0.227 e. The van der Waals surface area contributed by atoms with E-state index in [-0.39, 0.29) is 0 Å². The van der Waals surface area contributed by atoms with E-state index in [1.54, 1.807) is 24.3 Å². The zero-order chi connectivity index (χ0) is 12.3. The van der Waals surface area contributed by atoms with E-state index in [0.717, 1.165) is 11.8 Å². The highest BCUT2D eigenvalue weighted by atomic mass is 35.5. The minimum Gasteiger partial charge on any atom is -0.502 e. The average molecular weight is 249 g/mol. The molecule has 0 spiro atoms. The molecule has 0 aliphatic carbocycles. The highest BCUT2D eigenvalue weighted by molar-refractivity contribution is 6.30. The van der Waals surface area contributed by atoms with Gasteiger partial charge in [0.25, 0.3) is 0 Å². The van der Waals surface area contributed by atoms with Crippen LogP contribution in [0.3, 0.4) is 0 Å². The van der Waals surface area contributed by atoms with Crippen LogP contribution >= 0.6 is 11.6 Å². The van der Waals surface area contributed by atoms with Crippen molar-refractivity contribution in [3.05, 3.63) is 63.2 Å². The molecule has 0 atom stereocenters. The molecule has 0 aliphatic rings. The van der Waals surface area contributed by atoms with Gasteiger partial charge in [-0.15, -0.1) is 0 Å². The van der Waals surface area contributed by atoms with Crippen LogP contribution in [0, 0.1) is 0 Å². The molecule has 1 aromatic carbocycles. The van der Waals surface area contributed by atoms with Crippen LogP contribution < -0.4 is 5.43 Å². The second-order valence-corrected chi connectivity index (χ2v) is 3.85. The average Bonchev–Trinajstić information content (AvgIpc) is 2.33. The Labute approximate surface area is 103 Å². The molecule has 2 rings (SSSR count). The monoisotopic (exact) mass is 248 g/mol. The van der Waals surface area contributed by atoms with E-state index in [0.29, 0.717) is 10.8 Å². The van der Waals surface area contributed by atoms with Crippen LogP contribution in [0.4, 0.5) is 0 Å². The number of hydrogen-bond acceptors (Lipinski definition) is 3. The first-order valence-corrected chi connectivity index (χ1v) is 5.28. The molecule has 0 radical (unpaired) electrons. The van der Waals surface area contributed by atoms with Crippen molar-refractivity contribution in [2.45, 2.75) is 0 Å². The SMILES string of the molecule is O=c1cc(C=Cc2ccc(Cl)cc2)occ1O. The summed E-state index contributed by atoms with van der Waals surface area (Å²) in [4.78, 5) is 11.1. The van der Waals surface area contributed by atoms with Gasteiger partial charge in [0.1, 0.15) is 12.0 Å². The quantitative estimate of drug-likeness (QED) is 0.888. The number of rotatable bonds is 2. The second kappa shape index (κ2) is 4.89. The first-order valence-electron chi connectivity index (χ1n) is 4.90. The van der Waals surface area contributed by atoms with E-state index >= 15 is 0 Å². The fourth-order valence-corrected chi connectivity index (χ4v) is 1.38. The lowest BCUT2D eigenvalue weighted by Crippen LogP contribution is -1.97. The fraction of sp³-hybridized carbons (Fsp3) is 0. The van der Waals surface area contributed by atoms with Crippen LogP contribution in [0.2, 0.25) is 5.02 Å². The molecule has 4 heteroatoms. The third-order valence-corrected chi connectivity index (χ3v) is 2.39. The maximum atomic E-state index is 11.1. The van der Waals surface area contributed by atoms with Gasteiger partial charge in [0.2, 0.25) is 5.43 Å². The summed E-state index contributed by atoms with van der Waals surface area (Å²) in [6.07, 6.45) is 4.44. The van der Waals surface area contributed by atoms with Crippen molar-refractivity contribution in [3.63, 3.8) is 0 Å². The molecule has 0 aliphatic heterocycles. The maximum Gasteiger partial charge on any atom is 0.227 e. The Kier molecular flexibility index (Phi) is 3.30. The van der Waals surface area contributed by atoms with Gasteiger partial charge in [-0.2, -0.15) is 0 Å². The van der Waals surface area contributed by atoms with E-state index in [9.17, 15) is 4.79 Å². The lowest BCUT2D eigenvalue weighted by Gasteiger charge is -1.95. The third-order valence-electron chi connectivity index (χ3n) is 2.14. The third kappa shape index (κ3) is 2.98. The van der Waals surface area contributed by atoms with Crippen molar-refractivity contribution in [2.75, 3.05) is 0 Å². The Morgan fingerprint density at radius 3 is 2.53 bits per heavy atom. The molecule has 3 nitrogen and oxygen atoms in total. The summed E-state index contributed by atoms with van der Waals surface area (Å²) in [5.41, 5.74) is 0.470. The topological polar surface area (TPSA) is 50.4 Å². The van der Waals surface area contributed by atoms with Gasteiger partial charge < -0.3 is 9.52 Å². The van der Waals surface area contributed by atoms with Gasteiger partial charge in [-0.3, -0.25) is 4.79 Å². The van der Waals surface area contributed by atoms with E-state index in [1.165, 1.54) is 6.07 Å².